The van der Waals surface area contributed by atoms with Crippen LogP contribution in [0.4, 0.5) is 0 Å². The maximum Gasteiger partial charge on any atom is 0.331 e. The topological polar surface area (TPSA) is 301 Å². The van der Waals surface area contributed by atoms with Crippen LogP contribution in [0, 0.1) is 34.5 Å². The second-order valence-electron chi connectivity index (χ2n) is 18.8. The van der Waals surface area contributed by atoms with Gasteiger partial charge >= 0.3 is 5.97 Å². The number of ether oxygens (including phenoxy) is 7. The lowest BCUT2D eigenvalue weighted by atomic mass is 9.43. The lowest BCUT2D eigenvalue weighted by Gasteiger charge is -2.63. The Morgan fingerprint density at radius 2 is 1.35 bits per heavy atom. The van der Waals surface area contributed by atoms with Crippen LogP contribution in [0.25, 0.3) is 0 Å². The lowest BCUT2D eigenvalue weighted by Crippen LogP contribution is -2.66. The molecule has 0 spiro atoms. The number of aldehydes is 1. The predicted octanol–water partition coefficient (Wildman–Crippen LogP) is -2.72. The molecule has 3 saturated heterocycles. The third kappa shape index (κ3) is 7.21. The van der Waals surface area contributed by atoms with Crippen LogP contribution in [0.15, 0.2) is 11.6 Å². The molecule has 0 aromatic carbocycles. The Bertz CT molecular complexity index is 1600. The van der Waals surface area contributed by atoms with E-state index >= 15 is 0 Å². The molecule has 0 aromatic rings. The van der Waals surface area contributed by atoms with Crippen molar-refractivity contribution in [3.05, 3.63) is 11.6 Å². The van der Waals surface area contributed by atoms with E-state index in [9.17, 15) is 60.7 Å². The van der Waals surface area contributed by atoms with Gasteiger partial charge in [-0.05, 0) is 94.0 Å². The molecule has 19 heteroatoms. The Morgan fingerprint density at radius 1 is 0.717 bits per heavy atom. The summed E-state index contributed by atoms with van der Waals surface area (Å²) in [5, 5.41) is 107. The molecule has 60 heavy (non-hydrogen) atoms. The van der Waals surface area contributed by atoms with Gasteiger partial charge in [-0.2, -0.15) is 0 Å². The number of hydrogen-bond donors (Lipinski definition) is 10. The van der Waals surface area contributed by atoms with Gasteiger partial charge in [0.25, 0.3) is 0 Å². The SMILES string of the molecule is CC1OC(OC2CCC3(C=O)C(CCC4C3CCC3(C)C(C5=CC(=O)OC5)CCC43O)C2)C(O)C(O)C1OC1OC(CO)C(OC2OC(CO)C(O)C(O)C2O)C(O)C1O. The fourth-order valence-corrected chi connectivity index (χ4v) is 12.7. The molecule has 4 saturated carbocycles. The molecule has 19 nitrogen and oxygen atoms in total. The fourth-order valence-electron chi connectivity index (χ4n) is 12.7. The molecule has 23 unspecified atom stereocenters. The predicted molar refractivity (Wildman–Crippen MR) is 199 cm³/mol. The molecule has 0 aromatic heterocycles. The molecular weight excluding hydrogens is 796 g/mol. The van der Waals surface area contributed by atoms with Crippen LogP contribution in [-0.2, 0) is 42.7 Å². The molecule has 8 aliphatic rings. The number of aliphatic hydroxyl groups is 10. The molecule has 23 atom stereocenters. The molecule has 10 N–H and O–H groups in total. The summed E-state index contributed by atoms with van der Waals surface area (Å²) in [6.45, 7) is 2.42. The van der Waals surface area contributed by atoms with Gasteiger partial charge in [-0.1, -0.05) is 6.92 Å². The number of fused-ring (bicyclic) bond motifs is 5. The molecular formula is C41H62O19. The highest BCUT2D eigenvalue weighted by molar-refractivity contribution is 5.85. The van der Waals surface area contributed by atoms with Gasteiger partial charge in [0.2, 0.25) is 0 Å². The van der Waals surface area contributed by atoms with Crippen LogP contribution >= 0.6 is 0 Å². The molecule has 4 aliphatic heterocycles. The quantitative estimate of drug-likeness (QED) is 0.0607. The minimum atomic E-state index is -1.87. The van der Waals surface area contributed by atoms with Crippen LogP contribution in [0.1, 0.15) is 71.6 Å². The average Bonchev–Trinajstić information content (AvgIpc) is 3.79. The summed E-state index contributed by atoms with van der Waals surface area (Å²) >= 11 is 0. The summed E-state index contributed by atoms with van der Waals surface area (Å²) in [6, 6.07) is 0. The van der Waals surface area contributed by atoms with E-state index in [4.69, 9.17) is 33.2 Å². The summed E-state index contributed by atoms with van der Waals surface area (Å²) in [6.07, 6.45) is -15.4. The summed E-state index contributed by atoms with van der Waals surface area (Å²) in [5.74, 6) is -0.427. The van der Waals surface area contributed by atoms with E-state index in [2.05, 4.69) is 6.92 Å². The van der Waals surface area contributed by atoms with E-state index in [1.54, 1.807) is 13.0 Å². The number of rotatable bonds is 10. The van der Waals surface area contributed by atoms with Crippen molar-refractivity contribution in [1.82, 2.24) is 0 Å². The standard InChI is InChI=1S/C41H62O19/c1-17-34(59-38-33(52)30(49)35(25(14-43)58-38)60-37-31(50)28(47)27(46)24(13-42)57-37)29(48)32(51)36(55-17)56-20-5-9-40(16-44)19(12-20)3-4-23-22(40)6-8-39(2)21(7-10-41(23,39)53)18-11-26(45)54-15-18/h11,16-17,19-25,27-38,42-43,46-53H,3-10,12-15H2,1-2H3. The Kier molecular flexibility index (Phi) is 12.7. The van der Waals surface area contributed by atoms with Crippen molar-refractivity contribution in [3.63, 3.8) is 0 Å². The van der Waals surface area contributed by atoms with Crippen LogP contribution in [0.2, 0.25) is 0 Å². The zero-order valence-electron chi connectivity index (χ0n) is 33.8. The van der Waals surface area contributed by atoms with Crippen molar-refractivity contribution in [2.45, 2.75) is 175 Å². The highest BCUT2D eigenvalue weighted by Gasteiger charge is 2.69. The van der Waals surface area contributed by atoms with E-state index in [0.717, 1.165) is 37.5 Å². The van der Waals surface area contributed by atoms with E-state index in [0.29, 0.717) is 32.1 Å². The number of carbonyl (C=O) groups is 2. The third-order valence-electron chi connectivity index (χ3n) is 16.1. The van der Waals surface area contributed by atoms with Gasteiger partial charge < -0.3 is 89.0 Å². The first-order valence-electron chi connectivity index (χ1n) is 21.5. The molecule has 8 rings (SSSR count). The van der Waals surface area contributed by atoms with Crippen molar-refractivity contribution < 1.29 is 93.8 Å². The summed E-state index contributed by atoms with van der Waals surface area (Å²) in [7, 11) is 0. The highest BCUT2D eigenvalue weighted by Crippen LogP contribution is 2.69. The zero-order valence-corrected chi connectivity index (χ0v) is 33.8. The minimum Gasteiger partial charge on any atom is -0.458 e. The van der Waals surface area contributed by atoms with E-state index in [-0.39, 0.29) is 36.2 Å². The number of hydrogen-bond acceptors (Lipinski definition) is 19. The number of esters is 1. The highest BCUT2D eigenvalue weighted by atomic mass is 16.8. The zero-order chi connectivity index (χ0) is 43.1. The van der Waals surface area contributed by atoms with Gasteiger partial charge in [0.15, 0.2) is 18.9 Å². The van der Waals surface area contributed by atoms with Crippen LogP contribution < -0.4 is 0 Å². The Balaban J connectivity index is 0.877. The first kappa shape index (κ1) is 44.8. The smallest absolute Gasteiger partial charge is 0.331 e. The summed E-state index contributed by atoms with van der Waals surface area (Å²) in [5.41, 5.74) is -1.12. The van der Waals surface area contributed by atoms with Crippen molar-refractivity contribution in [1.29, 1.82) is 0 Å². The molecule has 0 bridgehead atoms. The molecule has 0 amide bonds. The summed E-state index contributed by atoms with van der Waals surface area (Å²) < 4.78 is 40.2. The second-order valence-corrected chi connectivity index (χ2v) is 18.8. The van der Waals surface area contributed by atoms with E-state index < -0.39 is 128 Å². The van der Waals surface area contributed by atoms with Gasteiger partial charge in [0.05, 0.1) is 31.0 Å². The number of aliphatic hydroxyl groups excluding tert-OH is 9. The van der Waals surface area contributed by atoms with E-state index in [1.807, 2.05) is 0 Å². The Morgan fingerprint density at radius 3 is 2.00 bits per heavy atom. The number of carbonyl (C=O) groups excluding carboxylic acids is 2. The molecule has 0 radical (unpaired) electrons. The third-order valence-corrected chi connectivity index (χ3v) is 16.1. The molecule has 4 heterocycles. The monoisotopic (exact) mass is 858 g/mol. The first-order valence-corrected chi connectivity index (χ1v) is 21.5. The molecule has 340 valence electrons. The van der Waals surface area contributed by atoms with E-state index in [1.165, 1.54) is 0 Å². The van der Waals surface area contributed by atoms with Crippen LogP contribution in [0.3, 0.4) is 0 Å². The van der Waals surface area contributed by atoms with Crippen molar-refractivity contribution in [2.24, 2.45) is 34.5 Å². The first-order chi connectivity index (χ1) is 28.5. The average molecular weight is 859 g/mol. The molecule has 7 fully saturated rings. The van der Waals surface area contributed by atoms with Gasteiger partial charge in [-0.15, -0.1) is 0 Å². The maximum atomic E-state index is 13.2. The fraction of sp³-hybridized carbons (Fsp3) is 0.902. The van der Waals surface area contributed by atoms with Crippen molar-refractivity contribution >= 4 is 12.3 Å². The van der Waals surface area contributed by atoms with Crippen LogP contribution in [-0.4, -0.2) is 187 Å². The Labute approximate surface area is 347 Å². The summed E-state index contributed by atoms with van der Waals surface area (Å²) in [4.78, 5) is 25.2. The van der Waals surface area contributed by atoms with Gasteiger partial charge in [0.1, 0.15) is 80.0 Å². The lowest BCUT2D eigenvalue weighted by molar-refractivity contribution is -0.379. The Hall–Kier alpha value is -1.76. The minimum absolute atomic E-state index is 0.0193. The van der Waals surface area contributed by atoms with Crippen molar-refractivity contribution in [3.8, 4) is 0 Å². The van der Waals surface area contributed by atoms with Crippen LogP contribution in [0.5, 0.6) is 0 Å². The largest absolute Gasteiger partial charge is 0.458 e. The second kappa shape index (κ2) is 17.0. The normalized spacial score (nSPS) is 54.3. The van der Waals surface area contributed by atoms with Gasteiger partial charge in [-0.3, -0.25) is 0 Å². The van der Waals surface area contributed by atoms with Crippen molar-refractivity contribution in [2.75, 3.05) is 19.8 Å². The molecule has 4 aliphatic carbocycles. The van der Waals surface area contributed by atoms with Gasteiger partial charge in [-0.25, -0.2) is 4.79 Å². The maximum absolute atomic E-state index is 13.2. The van der Waals surface area contributed by atoms with Gasteiger partial charge in [0, 0.05) is 16.9 Å². The number of cyclic esters (lactones) is 1.